The van der Waals surface area contributed by atoms with E-state index in [0.717, 1.165) is 25.1 Å². The lowest BCUT2D eigenvalue weighted by Gasteiger charge is -2.39. The zero-order chi connectivity index (χ0) is 13.8. The Bertz CT molecular complexity index is 435. The number of hydrogen-bond donors (Lipinski definition) is 2. The van der Waals surface area contributed by atoms with Gasteiger partial charge in [0.25, 0.3) is 0 Å². The van der Waals surface area contributed by atoms with Gasteiger partial charge in [-0.2, -0.15) is 0 Å². The van der Waals surface area contributed by atoms with Crippen molar-refractivity contribution < 1.29 is 4.79 Å². The molecule has 2 rings (SSSR count). The van der Waals surface area contributed by atoms with E-state index in [1.54, 1.807) is 24.3 Å². The van der Waals surface area contributed by atoms with Gasteiger partial charge >= 0.3 is 6.03 Å². The lowest BCUT2D eigenvalue weighted by Crippen LogP contribution is -2.52. The van der Waals surface area contributed by atoms with E-state index in [0.29, 0.717) is 17.5 Å². The highest BCUT2D eigenvalue weighted by Crippen LogP contribution is 2.23. The van der Waals surface area contributed by atoms with Gasteiger partial charge in [-0.1, -0.05) is 18.5 Å². The first-order chi connectivity index (χ1) is 9.11. The van der Waals surface area contributed by atoms with Gasteiger partial charge in [-0.15, -0.1) is 0 Å². The zero-order valence-corrected chi connectivity index (χ0v) is 11.9. The Morgan fingerprint density at radius 2 is 2.16 bits per heavy atom. The minimum absolute atomic E-state index is 0.0793. The molecule has 1 aliphatic heterocycles. The SMILES string of the molecule is CC1CCCN(C(=O)Nc2ccc(Cl)cc2)C1CN. The fourth-order valence-corrected chi connectivity index (χ4v) is 2.72. The fourth-order valence-electron chi connectivity index (χ4n) is 2.59. The molecule has 1 saturated heterocycles. The second-order valence-corrected chi connectivity index (χ2v) is 5.49. The van der Waals surface area contributed by atoms with Crippen molar-refractivity contribution in [3.05, 3.63) is 29.3 Å². The van der Waals surface area contributed by atoms with Gasteiger partial charge in [-0.05, 0) is 43.0 Å². The molecule has 0 bridgehead atoms. The number of halogens is 1. The summed E-state index contributed by atoms with van der Waals surface area (Å²) in [5, 5.41) is 3.55. The highest BCUT2D eigenvalue weighted by molar-refractivity contribution is 6.30. The molecule has 0 aromatic heterocycles. The number of carbonyl (C=O) groups is 1. The molecule has 2 atom stereocenters. The number of likely N-dealkylation sites (tertiary alicyclic amines) is 1. The van der Waals surface area contributed by atoms with Gasteiger partial charge in [0.05, 0.1) is 0 Å². The largest absolute Gasteiger partial charge is 0.328 e. The molecule has 1 aromatic carbocycles. The molecule has 5 heteroatoms. The fraction of sp³-hybridized carbons (Fsp3) is 0.500. The van der Waals surface area contributed by atoms with Crippen LogP contribution in [0, 0.1) is 5.92 Å². The normalized spacial score (nSPS) is 23.2. The van der Waals surface area contributed by atoms with E-state index in [9.17, 15) is 4.79 Å². The average Bonchev–Trinajstić information content (AvgIpc) is 2.41. The maximum atomic E-state index is 12.3. The van der Waals surface area contributed by atoms with Gasteiger partial charge in [0, 0.05) is 29.8 Å². The number of carbonyl (C=O) groups excluding carboxylic acids is 1. The van der Waals surface area contributed by atoms with Crippen molar-refractivity contribution in [2.24, 2.45) is 11.7 Å². The van der Waals surface area contributed by atoms with Crippen molar-refractivity contribution in [3.63, 3.8) is 0 Å². The summed E-state index contributed by atoms with van der Waals surface area (Å²) in [5.41, 5.74) is 6.55. The van der Waals surface area contributed by atoms with Crippen molar-refractivity contribution in [1.29, 1.82) is 0 Å². The van der Waals surface area contributed by atoms with Gasteiger partial charge in [0.15, 0.2) is 0 Å². The molecule has 0 saturated carbocycles. The van der Waals surface area contributed by atoms with Crippen LogP contribution in [0.15, 0.2) is 24.3 Å². The van der Waals surface area contributed by atoms with Gasteiger partial charge in [0.2, 0.25) is 0 Å². The molecule has 2 unspecified atom stereocenters. The number of anilines is 1. The van der Waals surface area contributed by atoms with E-state index in [-0.39, 0.29) is 12.1 Å². The van der Waals surface area contributed by atoms with Crippen LogP contribution in [0.25, 0.3) is 0 Å². The summed E-state index contributed by atoms with van der Waals surface area (Å²) in [6, 6.07) is 7.16. The quantitative estimate of drug-likeness (QED) is 0.876. The van der Waals surface area contributed by atoms with Crippen molar-refractivity contribution in [2.75, 3.05) is 18.4 Å². The van der Waals surface area contributed by atoms with Crippen LogP contribution in [0.2, 0.25) is 5.02 Å². The Balaban J connectivity index is 2.04. The van der Waals surface area contributed by atoms with Crippen LogP contribution in [0.1, 0.15) is 19.8 Å². The number of nitrogens with zero attached hydrogens (tertiary/aromatic N) is 1. The molecule has 1 aromatic rings. The first-order valence-corrected chi connectivity index (χ1v) is 7.03. The van der Waals surface area contributed by atoms with Gasteiger partial charge in [-0.25, -0.2) is 4.79 Å². The first kappa shape index (κ1) is 14.2. The average molecular weight is 282 g/mol. The number of nitrogens with one attached hydrogen (secondary N) is 1. The maximum Gasteiger partial charge on any atom is 0.322 e. The van der Waals surface area contributed by atoms with Crippen LogP contribution in [-0.4, -0.2) is 30.1 Å². The number of hydrogen-bond acceptors (Lipinski definition) is 2. The number of amides is 2. The van der Waals surface area contributed by atoms with Crippen LogP contribution < -0.4 is 11.1 Å². The van der Waals surface area contributed by atoms with E-state index >= 15 is 0 Å². The monoisotopic (exact) mass is 281 g/mol. The van der Waals surface area contributed by atoms with Crippen LogP contribution >= 0.6 is 11.6 Å². The van der Waals surface area contributed by atoms with Crippen LogP contribution in [0.3, 0.4) is 0 Å². The second kappa shape index (κ2) is 6.26. The standard InChI is InChI=1S/C14H20ClN3O/c1-10-3-2-8-18(13(10)9-16)14(19)17-12-6-4-11(15)5-7-12/h4-7,10,13H,2-3,8-9,16H2,1H3,(H,17,19). The third-order valence-corrected chi connectivity index (χ3v) is 3.97. The lowest BCUT2D eigenvalue weighted by atomic mass is 9.91. The van der Waals surface area contributed by atoms with Crippen LogP contribution in [0.4, 0.5) is 10.5 Å². The third-order valence-electron chi connectivity index (χ3n) is 3.71. The van der Waals surface area contributed by atoms with Gasteiger partial charge < -0.3 is 16.0 Å². The number of nitrogens with two attached hydrogens (primary N) is 1. The van der Waals surface area contributed by atoms with Crippen molar-refractivity contribution in [3.8, 4) is 0 Å². The van der Waals surface area contributed by atoms with E-state index in [2.05, 4.69) is 12.2 Å². The summed E-state index contributed by atoms with van der Waals surface area (Å²) < 4.78 is 0. The van der Waals surface area contributed by atoms with Crippen molar-refractivity contribution in [1.82, 2.24) is 4.90 Å². The number of piperidine rings is 1. The molecular formula is C14H20ClN3O. The second-order valence-electron chi connectivity index (χ2n) is 5.05. The summed E-state index contributed by atoms with van der Waals surface area (Å²) in [5.74, 6) is 0.453. The summed E-state index contributed by atoms with van der Waals surface area (Å²) in [7, 11) is 0. The van der Waals surface area contributed by atoms with E-state index in [1.165, 1.54) is 0 Å². The van der Waals surface area contributed by atoms with E-state index in [4.69, 9.17) is 17.3 Å². The maximum absolute atomic E-state index is 12.3. The minimum atomic E-state index is -0.0793. The predicted molar refractivity (Wildman–Crippen MR) is 78.4 cm³/mol. The minimum Gasteiger partial charge on any atom is -0.328 e. The molecule has 0 aliphatic carbocycles. The zero-order valence-electron chi connectivity index (χ0n) is 11.1. The number of benzene rings is 1. The van der Waals surface area contributed by atoms with E-state index < -0.39 is 0 Å². The Kier molecular flexibility index (Phi) is 4.66. The smallest absolute Gasteiger partial charge is 0.322 e. The van der Waals surface area contributed by atoms with Crippen LogP contribution in [-0.2, 0) is 0 Å². The summed E-state index contributed by atoms with van der Waals surface area (Å²) >= 11 is 5.82. The van der Waals surface area contributed by atoms with Crippen molar-refractivity contribution in [2.45, 2.75) is 25.8 Å². The Morgan fingerprint density at radius 1 is 1.47 bits per heavy atom. The molecule has 0 radical (unpaired) electrons. The molecule has 2 amide bonds. The molecule has 1 heterocycles. The molecule has 1 fully saturated rings. The highest BCUT2D eigenvalue weighted by atomic mass is 35.5. The summed E-state index contributed by atoms with van der Waals surface area (Å²) in [6.45, 7) is 3.43. The Hall–Kier alpha value is -1.26. The third kappa shape index (κ3) is 3.39. The molecule has 104 valence electrons. The Labute approximate surface area is 118 Å². The molecule has 19 heavy (non-hydrogen) atoms. The topological polar surface area (TPSA) is 58.4 Å². The molecule has 1 aliphatic rings. The molecule has 4 nitrogen and oxygen atoms in total. The Morgan fingerprint density at radius 3 is 2.79 bits per heavy atom. The van der Waals surface area contributed by atoms with E-state index in [1.807, 2.05) is 4.90 Å². The number of rotatable bonds is 2. The first-order valence-electron chi connectivity index (χ1n) is 6.65. The number of urea groups is 1. The molecular weight excluding hydrogens is 262 g/mol. The van der Waals surface area contributed by atoms with Gasteiger partial charge in [0.1, 0.15) is 0 Å². The van der Waals surface area contributed by atoms with Crippen molar-refractivity contribution >= 4 is 23.3 Å². The van der Waals surface area contributed by atoms with Crippen LogP contribution in [0.5, 0.6) is 0 Å². The molecule has 0 spiro atoms. The highest BCUT2D eigenvalue weighted by Gasteiger charge is 2.30. The summed E-state index contributed by atoms with van der Waals surface area (Å²) in [4.78, 5) is 14.1. The summed E-state index contributed by atoms with van der Waals surface area (Å²) in [6.07, 6.45) is 2.16. The predicted octanol–water partition coefficient (Wildman–Crippen LogP) is 2.93. The van der Waals surface area contributed by atoms with Gasteiger partial charge in [-0.3, -0.25) is 0 Å². The lowest BCUT2D eigenvalue weighted by molar-refractivity contribution is 0.133. The molecule has 3 N–H and O–H groups in total.